The lowest BCUT2D eigenvalue weighted by Crippen LogP contribution is -2.25. The van der Waals surface area contributed by atoms with E-state index in [1.165, 1.54) is 20.8 Å². The van der Waals surface area contributed by atoms with Crippen molar-refractivity contribution in [3.8, 4) is 45.7 Å². The van der Waals surface area contributed by atoms with E-state index in [2.05, 4.69) is 83.8 Å². The lowest BCUT2D eigenvalue weighted by molar-refractivity contribution is -0.141. The third-order valence-corrected chi connectivity index (χ3v) is 14.9. The van der Waals surface area contributed by atoms with Gasteiger partial charge >= 0.3 is 11.9 Å². The van der Waals surface area contributed by atoms with Gasteiger partial charge < -0.3 is 34.0 Å². The van der Waals surface area contributed by atoms with Crippen LogP contribution in [0, 0.1) is 12.3 Å². The van der Waals surface area contributed by atoms with Crippen molar-refractivity contribution in [2.24, 2.45) is 0 Å². The number of hydrogen-bond donors (Lipinski definition) is 3. The second kappa shape index (κ2) is 34.7. The van der Waals surface area contributed by atoms with Crippen LogP contribution >= 0.6 is 34.8 Å². The molecule has 1 amide bonds. The number of carboxylic acids is 1. The molecule has 0 aliphatic rings. The number of hydrogen-bond acceptors (Lipinski definition) is 17. The number of pyridine rings is 3. The van der Waals surface area contributed by atoms with Crippen LogP contribution in [-0.2, 0) is 58.0 Å². The Morgan fingerprint density at radius 1 is 0.547 bits per heavy atom. The van der Waals surface area contributed by atoms with Crippen molar-refractivity contribution in [3.63, 3.8) is 0 Å². The molecule has 31 heteroatoms. The highest BCUT2D eigenvalue weighted by Crippen LogP contribution is 2.33. The van der Waals surface area contributed by atoms with Crippen molar-refractivity contribution in [2.45, 2.75) is 93.3 Å². The molecule has 0 saturated heterocycles. The Labute approximate surface area is 563 Å². The maximum Gasteiger partial charge on any atom is 0.307 e. The van der Waals surface area contributed by atoms with Gasteiger partial charge in [-0.15, -0.1) is 42.9 Å². The predicted octanol–water partition coefficient (Wildman–Crippen LogP) is 7.88. The zero-order valence-electron chi connectivity index (χ0n) is 52.2. The monoisotopic (exact) mass is 1340 g/mol. The second-order valence-electron chi connectivity index (χ2n) is 19.9. The fraction of sp³-hybridized carbons (Fsp3) is 0.266. The number of terminal acetylenes is 1. The van der Waals surface area contributed by atoms with Crippen molar-refractivity contribution >= 4 is 125 Å². The van der Waals surface area contributed by atoms with Gasteiger partial charge in [0.15, 0.2) is 33.5 Å². The third-order valence-electron chi connectivity index (χ3n) is 14.2. The molecule has 0 atom stereocenters. The van der Waals surface area contributed by atoms with Crippen molar-refractivity contribution in [2.75, 3.05) is 21.3 Å². The quantitative estimate of drug-likeness (QED) is 0.0499. The Morgan fingerprint density at radius 2 is 0.832 bits per heavy atom. The number of halogens is 3. The van der Waals surface area contributed by atoms with E-state index in [0.717, 1.165) is 64.6 Å². The number of fused-ring (bicyclic) bond motifs is 9. The number of aliphatic hydroxyl groups is 1. The maximum absolute atomic E-state index is 12.8. The number of aliphatic hydroxyl groups excluding tert-OH is 1. The first kappa shape index (κ1) is 74.0. The molecule has 0 unspecified atom stereocenters. The summed E-state index contributed by atoms with van der Waals surface area (Å²) in [6, 6.07) is 27.6. The summed E-state index contributed by atoms with van der Waals surface area (Å²) in [5, 5.41) is 59.7. The molecule has 0 saturated carbocycles. The Morgan fingerprint density at radius 3 is 1.09 bits per heavy atom. The molecular weight excluding hydrogens is 1280 g/mol. The summed E-state index contributed by atoms with van der Waals surface area (Å²) in [4.78, 5) is 71.9. The lowest BCUT2D eigenvalue weighted by Gasteiger charge is -2.07. The molecule has 0 aliphatic heterocycles. The molecule has 12 aromatic rings. The highest BCUT2D eigenvalue weighted by atomic mass is 35.5. The number of benzene rings is 3. The average molecular weight is 1340 g/mol. The molecule has 9 heterocycles. The molecule has 485 valence electrons. The Hall–Kier alpha value is -10.1. The number of carbonyl (C=O) groups excluding carboxylic acids is 2. The molecule has 9 aromatic heterocycles. The molecule has 95 heavy (non-hydrogen) atoms. The summed E-state index contributed by atoms with van der Waals surface area (Å²) in [5.41, 5.74) is 10.8. The third kappa shape index (κ3) is 16.8. The molecule has 5 radical (unpaired) electrons. The number of amides is 1. The van der Waals surface area contributed by atoms with Gasteiger partial charge in [0.2, 0.25) is 5.91 Å². The lowest BCUT2D eigenvalue weighted by atomic mass is 9.40. The van der Waals surface area contributed by atoms with Crippen LogP contribution < -0.4 is 22.0 Å². The molecule has 25 nitrogen and oxygen atoms in total. The summed E-state index contributed by atoms with van der Waals surface area (Å²) in [5.74, 6) is 0.761. The summed E-state index contributed by atoms with van der Waals surface area (Å²) < 4.78 is 13.8. The number of aromatic nitrogens is 15. The SMILES string of the molecule is C.C#CC.CCc1nn2c(nnc3c(=O)n(CCC(=O)NC)ccc32)c1-c1ccc(Cl)cc1.CCc1nn2c(nnc3c(=O)n(CCC(=O)O)ccc32)c1-c1ccc(Cl)cc1.CCc1nn2c(nnc3c(=O)n(CCC(=O)OC)ccc32)c1-c1ccc(Cl)cc1.CO.[B][B][B]. The van der Waals surface area contributed by atoms with Crippen LogP contribution in [0.2, 0.25) is 15.1 Å². The number of ether oxygens (including phenoxy) is 1. The van der Waals surface area contributed by atoms with E-state index in [9.17, 15) is 28.8 Å². The van der Waals surface area contributed by atoms with Gasteiger partial charge in [-0.05, 0) is 97.5 Å². The van der Waals surface area contributed by atoms with Crippen LogP contribution in [0.1, 0.15) is 71.5 Å². The molecule has 3 N–H and O–H groups in total. The molecule has 0 fully saturated rings. The van der Waals surface area contributed by atoms with E-state index in [1.54, 1.807) is 76.4 Å². The largest absolute Gasteiger partial charge is 0.481 e. The number of carboxylic acid groups (broad SMARTS) is 1. The highest BCUT2D eigenvalue weighted by molar-refractivity contribution is 7.17. The first-order valence-corrected chi connectivity index (χ1v) is 30.2. The van der Waals surface area contributed by atoms with Gasteiger partial charge in [0.05, 0.1) is 53.7 Å². The van der Waals surface area contributed by atoms with Crippen molar-refractivity contribution in [1.82, 2.24) is 78.5 Å². The van der Waals surface area contributed by atoms with E-state index in [4.69, 9.17) is 45.0 Å². The first-order valence-electron chi connectivity index (χ1n) is 29.1. The van der Waals surface area contributed by atoms with Gasteiger partial charge in [-0.1, -0.05) is 99.4 Å². The molecule has 12 rings (SSSR count). The summed E-state index contributed by atoms with van der Waals surface area (Å²) in [7, 11) is 13.9. The average Bonchev–Trinajstić information content (AvgIpc) is 1.65. The molecule has 0 bridgehead atoms. The minimum absolute atomic E-state index is 0. The number of rotatable bonds is 15. The number of aliphatic carboxylic acids is 1. The summed E-state index contributed by atoms with van der Waals surface area (Å²) in [6.07, 6.45) is 11.7. The summed E-state index contributed by atoms with van der Waals surface area (Å²) >= 11 is 18.0. The van der Waals surface area contributed by atoms with E-state index < -0.39 is 11.5 Å². The van der Waals surface area contributed by atoms with E-state index in [1.807, 2.05) is 81.4 Å². The van der Waals surface area contributed by atoms with Gasteiger partial charge in [0.25, 0.3) is 16.7 Å². The topological polar surface area (TPSA) is 308 Å². The fourth-order valence-corrected chi connectivity index (χ4v) is 10.1. The molecule has 0 aliphatic carbocycles. The number of methoxy groups -OCH3 is 1. The van der Waals surface area contributed by atoms with Crippen molar-refractivity contribution in [1.29, 1.82) is 0 Å². The van der Waals surface area contributed by atoms with E-state index in [0.29, 0.717) is 67.8 Å². The van der Waals surface area contributed by atoms with Crippen LogP contribution in [0.4, 0.5) is 0 Å². The van der Waals surface area contributed by atoms with Gasteiger partial charge in [0.1, 0.15) is 16.6 Å². The first-order chi connectivity index (χ1) is 45.4. The minimum atomic E-state index is -0.971. The normalized spacial score (nSPS) is 10.5. The van der Waals surface area contributed by atoms with Crippen LogP contribution in [0.15, 0.2) is 124 Å². The zero-order chi connectivity index (χ0) is 68.3. The number of carbonyl (C=O) groups is 3. The number of nitrogens with one attached hydrogen (secondary N) is 1. The zero-order valence-corrected chi connectivity index (χ0v) is 54.4. The van der Waals surface area contributed by atoms with E-state index in [-0.39, 0.29) is 85.9 Å². The van der Waals surface area contributed by atoms with Crippen molar-refractivity contribution < 1.29 is 29.3 Å². The Balaban J connectivity index is 0.000000212. The van der Waals surface area contributed by atoms with Gasteiger partial charge in [-0.2, -0.15) is 15.3 Å². The smallest absolute Gasteiger partial charge is 0.307 e. The predicted molar refractivity (Wildman–Crippen MR) is 371 cm³/mol. The maximum atomic E-state index is 12.8. The van der Waals surface area contributed by atoms with E-state index >= 15 is 0 Å². The van der Waals surface area contributed by atoms with Crippen LogP contribution in [-0.4, -0.2) is 145 Å². The standard InChI is InChI=1S/C20H19ClN6O2.C20H18ClN5O3.C19H16ClN5O3.C3H4.CH4O.CH4.B3/c1-3-14-17(12-4-6-13(21)7-5-12)19-24-23-18-15(27(19)25-14)8-10-26(20(18)29)11-9-16(28)22-2;1-3-14-17(12-4-6-13(21)7-5-12)19-23-22-18-15(26(19)24-14)8-10-25(20(18)28)11-9-16(27)29-2;1-2-13-16(11-3-5-12(20)6-4-11)18-22-21-17-14(25(18)23-13)7-9-24(19(17)28)10-8-15(26)27;1-3-2;1-2;;1-3-2/h4-8,10H,3,9,11H2,1-2H3,(H,22,28);4-8,10H,3,9,11H2,1-2H3;3-7,9H,2,8,10H2,1H3,(H,26,27);1H,2H3;2H,1H3;1H4;. The minimum Gasteiger partial charge on any atom is -0.481 e. The molecule has 0 spiro atoms. The number of esters is 1. The van der Waals surface area contributed by atoms with Crippen LogP contribution in [0.3, 0.4) is 0 Å². The summed E-state index contributed by atoms with van der Waals surface area (Å²) in [6.45, 7) is 8.22. The fourth-order valence-electron chi connectivity index (χ4n) is 9.77. The van der Waals surface area contributed by atoms with Gasteiger partial charge in [-0.3, -0.25) is 28.8 Å². The Bertz CT molecular complexity index is 4720. The van der Waals surface area contributed by atoms with Crippen molar-refractivity contribution in [3.05, 3.63) is 173 Å². The van der Waals surface area contributed by atoms with Crippen LogP contribution in [0.5, 0.6) is 0 Å². The van der Waals surface area contributed by atoms with Gasteiger partial charge in [-0.25, -0.2) is 13.5 Å². The second-order valence-corrected chi connectivity index (χ2v) is 21.2. The highest BCUT2D eigenvalue weighted by Gasteiger charge is 2.23. The molecular formula is C64H65B3Cl3N16O9. The number of nitrogens with zero attached hydrogens (tertiary/aromatic N) is 15. The number of aryl methyl sites for hydroxylation is 6. The molecule has 3 aromatic carbocycles. The van der Waals surface area contributed by atoms with Crippen LogP contribution in [0.25, 0.3) is 83.4 Å². The Kier molecular flexibility index (Phi) is 27.0. The van der Waals surface area contributed by atoms with Gasteiger partial charge in [0, 0.05) is 96.4 Å².